The lowest BCUT2D eigenvalue weighted by molar-refractivity contribution is -0.189. The Morgan fingerprint density at radius 3 is 2.72 bits per heavy atom. The number of alkyl halides is 3. The molecule has 0 aliphatic carbocycles. The summed E-state index contributed by atoms with van der Waals surface area (Å²) < 4.78 is 68.4. The van der Waals surface area contributed by atoms with E-state index >= 15 is 0 Å². The number of carbonyl (C=O) groups excluding carboxylic acids is 1. The van der Waals surface area contributed by atoms with Crippen LogP contribution in [0.15, 0.2) is 12.1 Å². The molecule has 0 spiro atoms. The Bertz CT molecular complexity index is 866. The number of nitrogens with one attached hydrogen (secondary N) is 2. The number of carbonyl (C=O) groups is 1. The van der Waals surface area contributed by atoms with Gasteiger partial charge in [-0.25, -0.2) is 9.18 Å². The third kappa shape index (κ3) is 6.80. The van der Waals surface area contributed by atoms with Gasteiger partial charge in [0, 0.05) is 19.2 Å². The second kappa shape index (κ2) is 11.1. The quantitative estimate of drug-likeness (QED) is 0.356. The lowest BCUT2D eigenvalue weighted by atomic mass is 10.2. The second-order valence-electron chi connectivity index (χ2n) is 6.97. The SMILES string of the molecule is CCN(C(=N)COC1CCCCO1)C(=O)Nc1cc(O[C@@H](C)C(F)(F)F)c(C#N)cc1F. The molecule has 2 rings (SSSR count). The molecule has 1 aromatic rings. The Morgan fingerprint density at radius 1 is 1.44 bits per heavy atom. The van der Waals surface area contributed by atoms with Crippen LogP contribution in [-0.4, -0.2) is 55.1 Å². The molecule has 12 heteroatoms. The van der Waals surface area contributed by atoms with Crippen molar-refractivity contribution in [3.05, 3.63) is 23.5 Å². The molecule has 2 N–H and O–H groups in total. The van der Waals surface area contributed by atoms with E-state index in [4.69, 9.17) is 24.9 Å². The van der Waals surface area contributed by atoms with Crippen LogP contribution in [0.2, 0.25) is 0 Å². The molecular formula is C20H24F4N4O4. The number of rotatable bonds is 7. The molecule has 1 aliphatic heterocycles. The summed E-state index contributed by atoms with van der Waals surface area (Å²) in [4.78, 5) is 13.5. The molecule has 176 valence electrons. The zero-order chi connectivity index (χ0) is 23.9. The lowest BCUT2D eigenvalue weighted by Gasteiger charge is -2.26. The van der Waals surface area contributed by atoms with Crippen LogP contribution >= 0.6 is 0 Å². The van der Waals surface area contributed by atoms with Gasteiger partial charge in [0.25, 0.3) is 0 Å². The van der Waals surface area contributed by atoms with E-state index < -0.39 is 47.4 Å². The average molecular weight is 460 g/mol. The molecule has 1 saturated heterocycles. The van der Waals surface area contributed by atoms with Crippen molar-refractivity contribution < 1.29 is 36.6 Å². The summed E-state index contributed by atoms with van der Waals surface area (Å²) in [6, 6.07) is 2.13. The van der Waals surface area contributed by atoms with E-state index in [9.17, 15) is 22.4 Å². The van der Waals surface area contributed by atoms with Gasteiger partial charge in [-0.15, -0.1) is 0 Å². The summed E-state index contributed by atoms with van der Waals surface area (Å²) in [6.07, 6.45) is -4.93. The minimum absolute atomic E-state index is 0.0475. The zero-order valence-electron chi connectivity index (χ0n) is 17.6. The third-order valence-electron chi connectivity index (χ3n) is 4.63. The standard InChI is InChI=1S/C20H24F4N4O4/c1-3-28(17(26)11-31-18-6-4-5-7-30-18)19(29)27-15-9-16(13(10-25)8-14(15)21)32-12(2)20(22,23)24/h8-9,12,18,26H,3-7,11H2,1-2H3,(H,27,29)/t12-,18?/m0/s1. The highest BCUT2D eigenvalue weighted by Crippen LogP contribution is 2.31. The average Bonchev–Trinajstić information content (AvgIpc) is 2.74. The molecule has 2 amide bonds. The number of halogens is 4. The van der Waals surface area contributed by atoms with E-state index in [0.29, 0.717) is 19.1 Å². The number of likely N-dealkylation sites (N-methyl/N-ethyl adjacent to an activating group) is 1. The highest BCUT2D eigenvalue weighted by Gasteiger charge is 2.38. The van der Waals surface area contributed by atoms with E-state index in [1.165, 1.54) is 0 Å². The fourth-order valence-electron chi connectivity index (χ4n) is 2.82. The third-order valence-corrected chi connectivity index (χ3v) is 4.63. The van der Waals surface area contributed by atoms with E-state index in [1.54, 1.807) is 13.0 Å². The van der Waals surface area contributed by atoms with Crippen LogP contribution in [0.5, 0.6) is 5.75 Å². The number of ether oxygens (including phenoxy) is 3. The van der Waals surface area contributed by atoms with Crippen LogP contribution < -0.4 is 10.1 Å². The van der Waals surface area contributed by atoms with Crippen LogP contribution in [-0.2, 0) is 9.47 Å². The lowest BCUT2D eigenvalue weighted by Crippen LogP contribution is -2.42. The summed E-state index contributed by atoms with van der Waals surface area (Å²) in [5.41, 5.74) is -0.960. The summed E-state index contributed by atoms with van der Waals surface area (Å²) >= 11 is 0. The fraction of sp³-hybridized carbons (Fsp3) is 0.550. The Hall–Kier alpha value is -2.91. The molecule has 0 aromatic heterocycles. The molecule has 1 fully saturated rings. The fourth-order valence-corrected chi connectivity index (χ4v) is 2.82. The summed E-state index contributed by atoms with van der Waals surface area (Å²) in [5.74, 6) is -1.79. The minimum atomic E-state index is -4.71. The first-order valence-corrected chi connectivity index (χ1v) is 9.93. The molecule has 32 heavy (non-hydrogen) atoms. The predicted molar refractivity (Wildman–Crippen MR) is 106 cm³/mol. The normalized spacial score (nSPS) is 17.2. The molecule has 1 aromatic carbocycles. The largest absolute Gasteiger partial charge is 0.480 e. The maximum absolute atomic E-state index is 14.4. The van der Waals surface area contributed by atoms with Gasteiger partial charge in [-0.2, -0.15) is 18.4 Å². The Kier molecular flexibility index (Phi) is 8.80. The second-order valence-corrected chi connectivity index (χ2v) is 6.97. The van der Waals surface area contributed by atoms with Gasteiger partial charge in [-0.1, -0.05) is 0 Å². The molecular weight excluding hydrogens is 436 g/mol. The van der Waals surface area contributed by atoms with Crippen LogP contribution in [0.25, 0.3) is 0 Å². The van der Waals surface area contributed by atoms with Gasteiger partial charge in [0.05, 0.1) is 11.3 Å². The first-order valence-electron chi connectivity index (χ1n) is 9.93. The van der Waals surface area contributed by atoms with Crippen LogP contribution in [0.3, 0.4) is 0 Å². The van der Waals surface area contributed by atoms with Crippen molar-refractivity contribution in [2.75, 3.05) is 25.1 Å². The number of hydrogen-bond donors (Lipinski definition) is 2. The topological polar surface area (TPSA) is 108 Å². The van der Waals surface area contributed by atoms with Gasteiger partial charge in [-0.05, 0) is 39.2 Å². The number of anilines is 1. The Balaban J connectivity index is 2.11. The van der Waals surface area contributed by atoms with Gasteiger partial charge in [-0.3, -0.25) is 10.3 Å². The van der Waals surface area contributed by atoms with Crippen LogP contribution in [0, 0.1) is 22.6 Å². The highest BCUT2D eigenvalue weighted by molar-refractivity contribution is 6.02. The summed E-state index contributed by atoms with van der Waals surface area (Å²) in [6.45, 7) is 2.69. The number of amides is 2. The molecule has 0 bridgehead atoms. The van der Waals surface area contributed by atoms with Gasteiger partial charge < -0.3 is 19.5 Å². The number of benzene rings is 1. The van der Waals surface area contributed by atoms with Crippen molar-refractivity contribution >= 4 is 17.6 Å². The Labute approximate surface area is 182 Å². The molecule has 1 aliphatic rings. The highest BCUT2D eigenvalue weighted by atomic mass is 19.4. The van der Waals surface area contributed by atoms with Crippen LogP contribution in [0.1, 0.15) is 38.7 Å². The van der Waals surface area contributed by atoms with E-state index in [-0.39, 0.29) is 19.0 Å². The molecule has 0 radical (unpaired) electrons. The van der Waals surface area contributed by atoms with Gasteiger partial charge >= 0.3 is 12.2 Å². The molecule has 1 unspecified atom stereocenters. The van der Waals surface area contributed by atoms with Crippen LogP contribution in [0.4, 0.5) is 28.0 Å². The van der Waals surface area contributed by atoms with Crippen molar-refractivity contribution in [1.29, 1.82) is 10.7 Å². The first kappa shape index (κ1) is 25.4. The predicted octanol–water partition coefficient (Wildman–Crippen LogP) is 4.40. The van der Waals surface area contributed by atoms with Crippen molar-refractivity contribution in [3.63, 3.8) is 0 Å². The van der Waals surface area contributed by atoms with Crippen molar-refractivity contribution in [2.45, 2.75) is 51.7 Å². The van der Waals surface area contributed by atoms with Gasteiger partial charge in [0.15, 0.2) is 12.4 Å². The van der Waals surface area contributed by atoms with E-state index in [1.807, 2.05) is 0 Å². The molecule has 1 heterocycles. The number of urea groups is 1. The van der Waals surface area contributed by atoms with Crippen molar-refractivity contribution in [1.82, 2.24) is 4.90 Å². The minimum Gasteiger partial charge on any atom is -0.480 e. The molecule has 8 nitrogen and oxygen atoms in total. The molecule has 2 atom stereocenters. The van der Waals surface area contributed by atoms with E-state index in [2.05, 4.69) is 5.32 Å². The van der Waals surface area contributed by atoms with Gasteiger partial charge in [0.1, 0.15) is 30.1 Å². The van der Waals surface area contributed by atoms with Crippen molar-refractivity contribution in [2.24, 2.45) is 0 Å². The monoisotopic (exact) mass is 460 g/mol. The number of amidine groups is 1. The maximum Gasteiger partial charge on any atom is 0.425 e. The van der Waals surface area contributed by atoms with Gasteiger partial charge in [0.2, 0.25) is 0 Å². The summed E-state index contributed by atoms with van der Waals surface area (Å²) in [7, 11) is 0. The maximum atomic E-state index is 14.4. The number of nitrogens with zero attached hydrogens (tertiary/aromatic N) is 2. The summed E-state index contributed by atoms with van der Waals surface area (Å²) in [5, 5.41) is 19.3. The first-order chi connectivity index (χ1) is 15.1. The molecule has 0 saturated carbocycles. The Morgan fingerprint density at radius 2 is 2.16 bits per heavy atom. The number of hydrogen-bond acceptors (Lipinski definition) is 6. The van der Waals surface area contributed by atoms with E-state index in [0.717, 1.165) is 30.7 Å². The smallest absolute Gasteiger partial charge is 0.425 e. The number of nitriles is 1. The van der Waals surface area contributed by atoms with Crippen molar-refractivity contribution in [3.8, 4) is 11.8 Å². The zero-order valence-corrected chi connectivity index (χ0v) is 17.6.